The summed E-state index contributed by atoms with van der Waals surface area (Å²) < 4.78 is 65.7. The van der Waals surface area contributed by atoms with Crippen molar-refractivity contribution in [3.63, 3.8) is 0 Å². The smallest absolute Gasteiger partial charge is 0.443 e. The number of phosphoric ester groups is 1. The molecule has 1 saturated heterocycles. The lowest BCUT2D eigenvalue weighted by atomic mass is 9.80. The molecule has 2 amide bonds. The normalized spacial score (nSPS) is 24.5. The van der Waals surface area contributed by atoms with Crippen molar-refractivity contribution >= 4 is 37.5 Å². The fourth-order valence-corrected chi connectivity index (χ4v) is 6.46. The predicted octanol–water partition coefficient (Wildman–Crippen LogP) is 3.44. The van der Waals surface area contributed by atoms with Crippen LogP contribution in [0.1, 0.15) is 65.7 Å². The number of hydrogen-bond donors (Lipinski definition) is 3. The van der Waals surface area contributed by atoms with Crippen LogP contribution in [0, 0.1) is 23.7 Å². The van der Waals surface area contributed by atoms with Crippen molar-refractivity contribution in [2.45, 2.75) is 85.0 Å². The van der Waals surface area contributed by atoms with Crippen molar-refractivity contribution < 1.29 is 70.6 Å². The number of rotatable bonds is 21. The molecule has 6 atom stereocenters. The zero-order valence-electron chi connectivity index (χ0n) is 32.9. The number of carbonyl (C=O) groups is 5. The van der Waals surface area contributed by atoms with Crippen molar-refractivity contribution in [1.82, 2.24) is 15.1 Å². The number of nitrogens with two attached hydrogens (primary N) is 1. The molecule has 0 bridgehead atoms. The van der Waals surface area contributed by atoms with Crippen LogP contribution in [0.3, 0.4) is 0 Å². The summed E-state index contributed by atoms with van der Waals surface area (Å²) in [6, 6.07) is 6.70. The fraction of sp³-hybridized carbons (Fsp3) is 0.639. The van der Waals surface area contributed by atoms with Gasteiger partial charge in [0.2, 0.25) is 13.6 Å². The molecule has 4 N–H and O–H groups in total. The van der Waals surface area contributed by atoms with Gasteiger partial charge in [-0.05, 0) is 18.9 Å². The molecular weight excluding hydrogens is 762 g/mol. The number of Topliss-reactive ketones (excluding diaryl/α,β-unsaturated/α-hetero) is 1. The number of nitrogens with zero attached hydrogens (tertiary/aromatic N) is 2. The van der Waals surface area contributed by atoms with E-state index in [-0.39, 0.29) is 18.2 Å². The Kier molecular flexibility index (Phi) is 16.7. The summed E-state index contributed by atoms with van der Waals surface area (Å²) in [5.74, 6) is -5.02. The van der Waals surface area contributed by atoms with Gasteiger partial charge in [-0.15, -0.1) is 0 Å². The van der Waals surface area contributed by atoms with Gasteiger partial charge in [-0.3, -0.25) is 38.8 Å². The van der Waals surface area contributed by atoms with Gasteiger partial charge in [0.15, 0.2) is 18.7 Å². The molecule has 314 valence electrons. The van der Waals surface area contributed by atoms with Gasteiger partial charge in [0.25, 0.3) is 0 Å². The van der Waals surface area contributed by atoms with Gasteiger partial charge in [-0.25, -0.2) is 22.8 Å². The van der Waals surface area contributed by atoms with Crippen LogP contribution in [0.4, 0.5) is 9.18 Å². The molecule has 18 nitrogen and oxygen atoms in total. The molecule has 3 rings (SSSR count). The van der Waals surface area contributed by atoms with Crippen LogP contribution < -0.4 is 11.1 Å². The second-order valence-corrected chi connectivity index (χ2v) is 16.2. The molecule has 2 unspecified atom stereocenters. The monoisotopic (exact) mass is 816 g/mol. The Morgan fingerprint density at radius 2 is 1.54 bits per heavy atom. The summed E-state index contributed by atoms with van der Waals surface area (Å²) in [5.41, 5.74) is 2.55. The number of amides is 2. The summed E-state index contributed by atoms with van der Waals surface area (Å²) in [6.45, 7) is 7.55. The number of hydrogen-bond acceptors (Lipinski definition) is 16. The van der Waals surface area contributed by atoms with E-state index in [0.717, 1.165) is 9.80 Å². The number of ether oxygens (including phenoxy) is 4. The number of alkyl halides is 1. The van der Waals surface area contributed by atoms with E-state index in [0.29, 0.717) is 5.56 Å². The molecule has 2 aliphatic rings. The molecule has 0 aliphatic carbocycles. The molecule has 56 heavy (non-hydrogen) atoms. The zero-order chi connectivity index (χ0) is 42.0. The minimum absolute atomic E-state index is 0.155. The van der Waals surface area contributed by atoms with Crippen molar-refractivity contribution in [2.75, 3.05) is 40.1 Å². The number of ketones is 1. The SMILES string of the molecule is CC(C)C(=O)OCOP(=O)(OCOC(=O)C(C)C)OC[C@@]1(CF)O[C@@H](N2C=CC(N)N(COC(=O)C(NCC(=O)c3ccccc3)C(C)C)C2=O)[C@](C)(O)[C@@H]1C. The van der Waals surface area contributed by atoms with Crippen LogP contribution in [-0.2, 0) is 51.5 Å². The molecule has 0 spiro atoms. The molecule has 1 fully saturated rings. The molecule has 0 radical (unpaired) electrons. The first-order valence-electron chi connectivity index (χ1n) is 18.0. The minimum atomic E-state index is -4.79. The third-order valence-electron chi connectivity index (χ3n) is 9.34. The Morgan fingerprint density at radius 1 is 0.964 bits per heavy atom. The third kappa shape index (κ3) is 11.6. The summed E-state index contributed by atoms with van der Waals surface area (Å²) >= 11 is 0. The van der Waals surface area contributed by atoms with Crippen molar-refractivity contribution in [3.8, 4) is 0 Å². The van der Waals surface area contributed by atoms with Crippen LogP contribution in [0.25, 0.3) is 0 Å². The molecule has 0 aromatic heterocycles. The van der Waals surface area contributed by atoms with E-state index in [9.17, 15) is 33.6 Å². The Morgan fingerprint density at radius 3 is 2.05 bits per heavy atom. The maximum absolute atomic E-state index is 15.1. The van der Waals surface area contributed by atoms with Crippen molar-refractivity contribution in [2.24, 2.45) is 29.4 Å². The summed E-state index contributed by atoms with van der Waals surface area (Å²) in [7, 11) is -4.79. The molecule has 1 aromatic carbocycles. The van der Waals surface area contributed by atoms with E-state index in [1.807, 2.05) is 0 Å². The summed E-state index contributed by atoms with van der Waals surface area (Å²) in [4.78, 5) is 65.4. The fourth-order valence-electron chi connectivity index (χ4n) is 5.49. The van der Waals surface area contributed by atoms with Crippen LogP contribution in [0.5, 0.6) is 0 Å². The first-order chi connectivity index (χ1) is 26.2. The number of carbonyl (C=O) groups excluding carboxylic acids is 5. The molecule has 2 aliphatic heterocycles. The molecule has 1 aromatic rings. The van der Waals surface area contributed by atoms with Crippen molar-refractivity contribution in [1.29, 1.82) is 0 Å². The van der Waals surface area contributed by atoms with E-state index in [1.54, 1.807) is 71.9 Å². The van der Waals surface area contributed by atoms with Gasteiger partial charge in [-0.2, -0.15) is 0 Å². The number of nitrogens with one attached hydrogen (secondary N) is 1. The number of aliphatic hydroxyl groups is 1. The Balaban J connectivity index is 1.74. The lowest BCUT2D eigenvalue weighted by molar-refractivity contribution is -0.161. The van der Waals surface area contributed by atoms with Gasteiger partial charge >= 0.3 is 31.8 Å². The highest BCUT2D eigenvalue weighted by Crippen LogP contribution is 2.53. The second-order valence-electron chi connectivity index (χ2n) is 14.5. The average molecular weight is 817 g/mol. The molecule has 20 heteroatoms. The first-order valence-corrected chi connectivity index (χ1v) is 19.5. The highest BCUT2D eigenvalue weighted by atomic mass is 31.2. The number of halogens is 1. The quantitative estimate of drug-likeness (QED) is 0.0530. The van der Waals surface area contributed by atoms with Crippen molar-refractivity contribution in [3.05, 3.63) is 48.2 Å². The number of esters is 3. The lowest BCUT2D eigenvalue weighted by Crippen LogP contribution is -2.60. The van der Waals surface area contributed by atoms with Crippen LogP contribution in [-0.4, -0.2) is 114 Å². The van der Waals surface area contributed by atoms with Crippen LogP contribution in [0.2, 0.25) is 0 Å². The summed E-state index contributed by atoms with van der Waals surface area (Å²) in [6.07, 6.45) is -0.108. The van der Waals surface area contributed by atoms with E-state index >= 15 is 4.39 Å². The van der Waals surface area contributed by atoms with E-state index in [4.69, 9.17) is 38.3 Å². The van der Waals surface area contributed by atoms with Crippen LogP contribution in [0.15, 0.2) is 42.6 Å². The minimum Gasteiger partial charge on any atom is -0.443 e. The third-order valence-corrected chi connectivity index (χ3v) is 10.6. The Labute approximate surface area is 325 Å². The first kappa shape index (κ1) is 46.6. The highest BCUT2D eigenvalue weighted by molar-refractivity contribution is 7.48. The van der Waals surface area contributed by atoms with Gasteiger partial charge in [-0.1, -0.05) is 78.8 Å². The molecule has 0 saturated carbocycles. The Bertz CT molecular complexity index is 1580. The van der Waals surface area contributed by atoms with Gasteiger partial charge in [0.05, 0.1) is 25.0 Å². The molecule has 2 heterocycles. The zero-order valence-corrected chi connectivity index (χ0v) is 33.8. The lowest BCUT2D eigenvalue weighted by Gasteiger charge is -2.40. The summed E-state index contributed by atoms with van der Waals surface area (Å²) in [5, 5.41) is 14.6. The average Bonchev–Trinajstić information content (AvgIpc) is 3.34. The predicted molar refractivity (Wildman–Crippen MR) is 195 cm³/mol. The maximum Gasteiger partial charge on any atom is 0.480 e. The van der Waals surface area contributed by atoms with Gasteiger partial charge in [0.1, 0.15) is 30.1 Å². The van der Waals surface area contributed by atoms with Gasteiger partial charge in [0, 0.05) is 17.7 Å². The number of urea groups is 1. The standard InChI is InChI=1S/C36H54FN4O14P/c1-22(2)29(39-16-27(42)26-12-10-9-11-13-26)32(45)49-19-41-28(38)14-15-40(34(41)46)33-35(8,47)25(7)36(17-37,55-33)18-52-56(48,53-20-50-30(43)23(3)4)54-21-51-31(44)24(5)6/h9-15,22-25,28-29,33,39,47H,16-21,38H2,1-8H3/t25-,28?,29?,33+,35+,36+/m0/s1. The second kappa shape index (κ2) is 20.1. The topological polar surface area (TPSA) is 232 Å². The van der Waals surface area contributed by atoms with E-state index in [2.05, 4.69) is 5.32 Å². The van der Waals surface area contributed by atoms with Crippen LogP contribution >= 0.6 is 7.82 Å². The number of phosphoric acid groups is 1. The van der Waals surface area contributed by atoms with E-state index in [1.165, 1.54) is 26.1 Å². The highest BCUT2D eigenvalue weighted by Gasteiger charge is 2.63. The van der Waals surface area contributed by atoms with E-state index < -0.39 is 113 Å². The van der Waals surface area contributed by atoms with Gasteiger partial charge < -0.3 is 29.8 Å². The largest absolute Gasteiger partial charge is 0.480 e. The Hall–Kier alpha value is -3.81. The maximum atomic E-state index is 15.1. The molecular formula is C36H54FN4O14P. The number of benzene rings is 1.